The third kappa shape index (κ3) is 2.84. The van der Waals surface area contributed by atoms with Gasteiger partial charge in [-0.25, -0.2) is 0 Å². The molecule has 1 N–H and O–H groups in total. The van der Waals surface area contributed by atoms with E-state index in [4.69, 9.17) is 0 Å². The van der Waals surface area contributed by atoms with Gasteiger partial charge in [0.25, 0.3) is 5.91 Å². The normalized spacial score (nSPS) is 15.2. The molecule has 4 heteroatoms. The molecule has 1 aliphatic heterocycles. The Bertz CT molecular complexity index is 525. The summed E-state index contributed by atoms with van der Waals surface area (Å²) in [5.41, 5.74) is 2.60. The van der Waals surface area contributed by atoms with E-state index in [-0.39, 0.29) is 17.9 Å². The maximum Gasteiger partial charge on any atom is 0.254 e. The van der Waals surface area contributed by atoms with Crippen LogP contribution < -0.4 is 5.32 Å². The third-order valence-corrected chi connectivity index (χ3v) is 3.97. The highest BCUT2D eigenvalue weighted by Crippen LogP contribution is 2.24. The Kier molecular flexibility index (Phi) is 4.42. The lowest BCUT2D eigenvalue weighted by Crippen LogP contribution is -2.38. The molecule has 2 amide bonds. The van der Waals surface area contributed by atoms with Gasteiger partial charge < -0.3 is 10.2 Å². The fourth-order valence-corrected chi connectivity index (χ4v) is 2.56. The molecule has 0 aromatic heterocycles. The van der Waals surface area contributed by atoms with Crippen molar-refractivity contribution in [1.29, 1.82) is 0 Å². The second kappa shape index (κ2) is 6.07. The monoisotopic (exact) mass is 274 g/mol. The van der Waals surface area contributed by atoms with Gasteiger partial charge in [-0.1, -0.05) is 6.92 Å². The minimum Gasteiger partial charge on any atom is -0.336 e. The number of carbonyl (C=O) groups is 2. The highest BCUT2D eigenvalue weighted by atomic mass is 16.2. The van der Waals surface area contributed by atoms with Crippen molar-refractivity contribution in [2.45, 2.75) is 46.1 Å². The Labute approximate surface area is 120 Å². The predicted molar refractivity (Wildman–Crippen MR) is 79.9 cm³/mol. The van der Waals surface area contributed by atoms with Gasteiger partial charge in [0.2, 0.25) is 5.91 Å². The first kappa shape index (κ1) is 14.6. The van der Waals surface area contributed by atoms with Crippen LogP contribution in [0.3, 0.4) is 0 Å². The number of carbonyl (C=O) groups excluding carboxylic acids is 2. The van der Waals surface area contributed by atoms with Gasteiger partial charge in [0, 0.05) is 30.3 Å². The highest BCUT2D eigenvalue weighted by Gasteiger charge is 2.21. The van der Waals surface area contributed by atoms with Crippen LogP contribution in [0.2, 0.25) is 0 Å². The minimum atomic E-state index is 0.0476. The summed E-state index contributed by atoms with van der Waals surface area (Å²) in [6.07, 6.45) is 2.14. The van der Waals surface area contributed by atoms with Gasteiger partial charge in [-0.3, -0.25) is 9.59 Å². The first-order valence-corrected chi connectivity index (χ1v) is 7.30. The number of hydrogen-bond donors (Lipinski definition) is 1. The number of fused-ring (bicyclic) bond motifs is 1. The molecule has 0 saturated carbocycles. The quantitative estimate of drug-likeness (QED) is 0.917. The van der Waals surface area contributed by atoms with Crippen LogP contribution in [0, 0.1) is 0 Å². The maximum absolute atomic E-state index is 12.6. The Hall–Kier alpha value is -1.84. The molecule has 4 nitrogen and oxygen atoms in total. The summed E-state index contributed by atoms with van der Waals surface area (Å²) in [7, 11) is 0. The molecule has 1 aromatic rings. The van der Waals surface area contributed by atoms with E-state index in [1.807, 2.05) is 24.0 Å². The summed E-state index contributed by atoms with van der Waals surface area (Å²) in [5.74, 6) is 0.118. The molecule has 0 spiro atoms. The zero-order valence-corrected chi connectivity index (χ0v) is 12.4. The van der Waals surface area contributed by atoms with Crippen LogP contribution >= 0.6 is 0 Å². The average Bonchev–Trinajstić information content (AvgIpc) is 2.46. The summed E-state index contributed by atoms with van der Waals surface area (Å²) in [5, 5.41) is 2.84. The fourth-order valence-electron chi connectivity index (χ4n) is 2.56. The van der Waals surface area contributed by atoms with Crippen LogP contribution in [-0.2, 0) is 11.2 Å². The summed E-state index contributed by atoms with van der Waals surface area (Å²) in [4.78, 5) is 25.8. The van der Waals surface area contributed by atoms with Crippen LogP contribution in [0.15, 0.2) is 18.2 Å². The van der Waals surface area contributed by atoms with Crippen molar-refractivity contribution in [2.24, 2.45) is 0 Å². The van der Waals surface area contributed by atoms with Crippen LogP contribution in [-0.4, -0.2) is 29.3 Å². The molecule has 0 aliphatic carbocycles. The van der Waals surface area contributed by atoms with Gasteiger partial charge in [0.1, 0.15) is 0 Å². The molecule has 0 bridgehead atoms. The second-order valence-corrected chi connectivity index (χ2v) is 5.27. The Morgan fingerprint density at radius 1 is 1.35 bits per heavy atom. The van der Waals surface area contributed by atoms with Gasteiger partial charge in [0.05, 0.1) is 0 Å². The number of nitrogens with zero attached hydrogens (tertiary/aromatic N) is 1. The zero-order chi connectivity index (χ0) is 14.7. The van der Waals surface area contributed by atoms with Gasteiger partial charge in [-0.2, -0.15) is 0 Å². The van der Waals surface area contributed by atoms with Crippen molar-refractivity contribution in [3.8, 4) is 0 Å². The molecular formula is C16H22N2O2. The predicted octanol–water partition coefficient (Wildman–Crippen LogP) is 2.83. The lowest BCUT2D eigenvalue weighted by molar-refractivity contribution is -0.116. The lowest BCUT2D eigenvalue weighted by Gasteiger charge is -2.28. The first-order chi connectivity index (χ1) is 9.56. The van der Waals surface area contributed by atoms with Gasteiger partial charge >= 0.3 is 0 Å². The van der Waals surface area contributed by atoms with Crippen LogP contribution in [0.25, 0.3) is 0 Å². The number of aryl methyl sites for hydroxylation is 1. The SMILES string of the molecule is CCC(C)N(CC)C(=O)c1ccc2c(c1)CCC(=O)N2. The fraction of sp³-hybridized carbons (Fsp3) is 0.500. The number of nitrogens with one attached hydrogen (secondary N) is 1. The molecule has 1 atom stereocenters. The van der Waals surface area contributed by atoms with Gasteiger partial charge in [0.15, 0.2) is 0 Å². The molecule has 1 aromatic carbocycles. The summed E-state index contributed by atoms with van der Waals surface area (Å²) < 4.78 is 0. The van der Waals surface area contributed by atoms with E-state index in [0.29, 0.717) is 24.9 Å². The topological polar surface area (TPSA) is 49.4 Å². The highest BCUT2D eigenvalue weighted by molar-refractivity contribution is 5.98. The van der Waals surface area contributed by atoms with E-state index < -0.39 is 0 Å². The first-order valence-electron chi connectivity index (χ1n) is 7.30. The molecule has 20 heavy (non-hydrogen) atoms. The van der Waals surface area contributed by atoms with E-state index >= 15 is 0 Å². The van der Waals surface area contributed by atoms with Gasteiger partial charge in [-0.05, 0) is 50.5 Å². The molecule has 108 valence electrons. The number of rotatable bonds is 4. The van der Waals surface area contributed by atoms with Gasteiger partial charge in [-0.15, -0.1) is 0 Å². The van der Waals surface area contributed by atoms with Crippen molar-refractivity contribution >= 4 is 17.5 Å². The van der Waals surface area contributed by atoms with Crippen molar-refractivity contribution in [3.05, 3.63) is 29.3 Å². The van der Waals surface area contributed by atoms with Crippen LogP contribution in [0.4, 0.5) is 5.69 Å². The molecule has 0 fully saturated rings. The molecule has 1 heterocycles. The second-order valence-electron chi connectivity index (χ2n) is 5.27. The van der Waals surface area contributed by atoms with Crippen molar-refractivity contribution < 1.29 is 9.59 Å². The molecule has 0 radical (unpaired) electrons. The van der Waals surface area contributed by atoms with E-state index in [1.54, 1.807) is 6.07 Å². The number of hydrogen-bond acceptors (Lipinski definition) is 2. The Morgan fingerprint density at radius 3 is 2.75 bits per heavy atom. The molecule has 2 rings (SSSR count). The molecule has 1 aliphatic rings. The lowest BCUT2D eigenvalue weighted by atomic mass is 9.99. The minimum absolute atomic E-state index is 0.0476. The standard InChI is InChI=1S/C16H22N2O2/c1-4-11(3)18(5-2)16(20)13-6-8-14-12(10-13)7-9-15(19)17-14/h6,8,10-11H,4-5,7,9H2,1-3H3,(H,17,19). The smallest absolute Gasteiger partial charge is 0.254 e. The molecule has 0 saturated heterocycles. The molecule has 1 unspecified atom stereocenters. The van der Waals surface area contributed by atoms with Crippen molar-refractivity contribution in [3.63, 3.8) is 0 Å². The Balaban J connectivity index is 2.25. The molecular weight excluding hydrogens is 252 g/mol. The van der Waals surface area contributed by atoms with Crippen molar-refractivity contribution in [2.75, 3.05) is 11.9 Å². The summed E-state index contributed by atoms with van der Waals surface area (Å²) in [6, 6.07) is 5.80. The summed E-state index contributed by atoms with van der Waals surface area (Å²) >= 11 is 0. The van der Waals surface area contributed by atoms with E-state index in [2.05, 4.69) is 19.2 Å². The number of anilines is 1. The summed E-state index contributed by atoms with van der Waals surface area (Å²) in [6.45, 7) is 6.87. The van der Waals surface area contributed by atoms with Crippen LogP contribution in [0.1, 0.15) is 49.5 Å². The van der Waals surface area contributed by atoms with E-state index in [9.17, 15) is 9.59 Å². The van der Waals surface area contributed by atoms with E-state index in [1.165, 1.54) is 0 Å². The van der Waals surface area contributed by atoms with E-state index in [0.717, 1.165) is 17.7 Å². The third-order valence-electron chi connectivity index (χ3n) is 3.97. The van der Waals surface area contributed by atoms with Crippen molar-refractivity contribution in [1.82, 2.24) is 4.90 Å². The number of benzene rings is 1. The largest absolute Gasteiger partial charge is 0.336 e. The maximum atomic E-state index is 12.6. The zero-order valence-electron chi connectivity index (χ0n) is 12.4. The average molecular weight is 274 g/mol. The number of amides is 2. The Morgan fingerprint density at radius 2 is 2.10 bits per heavy atom. The van der Waals surface area contributed by atoms with Crippen LogP contribution in [0.5, 0.6) is 0 Å².